The van der Waals surface area contributed by atoms with Gasteiger partial charge >= 0.3 is 11.7 Å². The third kappa shape index (κ3) is 7.10. The summed E-state index contributed by atoms with van der Waals surface area (Å²) in [5.74, 6) is 2.57. The standard InChI is InChI=1S/C23H22O6.C15H13N3O2S/c1-23(2)11-10-15-16(29-23)12-17-19(20(15)26-4)21(27-5)18(22(24)28-17)13-6-8-14(25-3)9-7-13;1-20-15(19)18-14-16-12-8-7-11(9-13(12)17-14)21-10-5-3-2-4-6-10/h6-12H,1-5H3;2-9H,1H3,(H2,16,17,18,19). The van der Waals surface area contributed by atoms with E-state index in [9.17, 15) is 9.59 Å². The molecule has 1 aliphatic rings. The van der Waals surface area contributed by atoms with E-state index in [1.165, 1.54) is 19.1 Å². The van der Waals surface area contributed by atoms with Crippen LogP contribution in [0.2, 0.25) is 0 Å². The summed E-state index contributed by atoms with van der Waals surface area (Å²) in [6, 6.07) is 24.9. The van der Waals surface area contributed by atoms with Gasteiger partial charge in [0.15, 0.2) is 0 Å². The summed E-state index contributed by atoms with van der Waals surface area (Å²) in [4.78, 5) is 33.7. The Morgan fingerprint density at radius 1 is 0.880 bits per heavy atom. The summed E-state index contributed by atoms with van der Waals surface area (Å²) in [5.41, 5.74) is 2.76. The molecular formula is C38H35N3O8S. The first kappa shape index (κ1) is 34.0. The summed E-state index contributed by atoms with van der Waals surface area (Å²) in [6.45, 7) is 3.90. The van der Waals surface area contributed by atoms with Crippen molar-refractivity contribution >= 4 is 51.9 Å². The second-order valence-electron chi connectivity index (χ2n) is 11.6. The largest absolute Gasteiger partial charge is 0.497 e. The minimum absolute atomic E-state index is 0.321. The number of anilines is 1. The zero-order valence-corrected chi connectivity index (χ0v) is 29.1. The minimum Gasteiger partial charge on any atom is -0.497 e. The number of hydrogen-bond acceptors (Lipinski definition) is 10. The number of H-pyrrole nitrogens is 1. The lowest BCUT2D eigenvalue weighted by Crippen LogP contribution is -2.27. The van der Waals surface area contributed by atoms with Gasteiger partial charge in [-0.3, -0.25) is 5.32 Å². The van der Waals surface area contributed by atoms with Crippen molar-refractivity contribution in [1.29, 1.82) is 0 Å². The maximum atomic E-state index is 12.9. The van der Waals surface area contributed by atoms with Crippen LogP contribution in [-0.4, -0.2) is 50.1 Å². The molecule has 2 aromatic heterocycles. The predicted molar refractivity (Wildman–Crippen MR) is 194 cm³/mol. The second-order valence-corrected chi connectivity index (χ2v) is 12.7. The van der Waals surface area contributed by atoms with Gasteiger partial charge in [0.05, 0.1) is 45.0 Å². The Morgan fingerprint density at radius 3 is 2.30 bits per heavy atom. The molecule has 6 aromatic rings. The van der Waals surface area contributed by atoms with E-state index < -0.39 is 17.3 Å². The molecule has 1 amide bonds. The van der Waals surface area contributed by atoms with Crippen LogP contribution >= 0.6 is 11.8 Å². The molecule has 4 aromatic carbocycles. The van der Waals surface area contributed by atoms with Gasteiger partial charge in [0.2, 0.25) is 5.95 Å². The van der Waals surface area contributed by atoms with Gasteiger partial charge in [-0.05, 0) is 74.0 Å². The second kappa shape index (κ2) is 14.3. The van der Waals surface area contributed by atoms with Gasteiger partial charge in [-0.2, -0.15) is 0 Å². The third-order valence-corrected chi connectivity index (χ3v) is 8.75. The summed E-state index contributed by atoms with van der Waals surface area (Å²) in [6.07, 6.45) is 3.36. The fourth-order valence-corrected chi connectivity index (χ4v) is 6.32. The van der Waals surface area contributed by atoms with Crippen molar-refractivity contribution < 1.29 is 32.9 Å². The fourth-order valence-electron chi connectivity index (χ4n) is 5.44. The Hall–Kier alpha value is -5.88. The molecule has 0 fully saturated rings. The first-order chi connectivity index (χ1) is 24.1. The van der Waals surface area contributed by atoms with Crippen LogP contribution in [0.5, 0.6) is 23.0 Å². The highest BCUT2D eigenvalue weighted by atomic mass is 32.2. The number of imidazole rings is 1. The number of aromatic amines is 1. The average Bonchev–Trinajstić information content (AvgIpc) is 3.51. The number of aromatic nitrogens is 2. The molecule has 0 bridgehead atoms. The average molecular weight is 694 g/mol. The van der Waals surface area contributed by atoms with Crippen molar-refractivity contribution in [3.8, 4) is 34.1 Å². The molecule has 0 saturated heterocycles. The van der Waals surface area contributed by atoms with E-state index in [2.05, 4.69) is 32.2 Å². The molecule has 3 heterocycles. The van der Waals surface area contributed by atoms with Crippen molar-refractivity contribution in [3.63, 3.8) is 0 Å². The van der Waals surface area contributed by atoms with Gasteiger partial charge in [-0.1, -0.05) is 42.1 Å². The third-order valence-electron chi connectivity index (χ3n) is 7.76. The first-order valence-electron chi connectivity index (χ1n) is 15.5. The van der Waals surface area contributed by atoms with Crippen LogP contribution in [0.1, 0.15) is 19.4 Å². The zero-order valence-electron chi connectivity index (χ0n) is 28.3. The van der Waals surface area contributed by atoms with E-state index >= 15 is 0 Å². The Bertz CT molecular complexity index is 2260. The van der Waals surface area contributed by atoms with E-state index in [0.717, 1.165) is 21.5 Å². The Kier molecular flexibility index (Phi) is 9.73. The zero-order chi connectivity index (χ0) is 35.4. The van der Waals surface area contributed by atoms with Crippen LogP contribution < -0.4 is 29.9 Å². The molecular weight excluding hydrogens is 658 g/mol. The fraction of sp³-hybridized carbons (Fsp3) is 0.184. The lowest BCUT2D eigenvalue weighted by molar-refractivity contribution is 0.158. The Labute approximate surface area is 292 Å². The van der Waals surface area contributed by atoms with Gasteiger partial charge < -0.3 is 33.1 Å². The van der Waals surface area contributed by atoms with Crippen LogP contribution in [0, 0.1) is 0 Å². The van der Waals surface area contributed by atoms with Crippen LogP contribution in [0.3, 0.4) is 0 Å². The van der Waals surface area contributed by atoms with Gasteiger partial charge in [-0.15, -0.1) is 0 Å². The molecule has 0 atom stereocenters. The van der Waals surface area contributed by atoms with Crippen LogP contribution in [0.4, 0.5) is 10.7 Å². The van der Waals surface area contributed by atoms with Crippen LogP contribution in [0.25, 0.3) is 39.2 Å². The molecule has 256 valence electrons. The molecule has 0 saturated carbocycles. The highest BCUT2D eigenvalue weighted by Gasteiger charge is 2.29. The number of ether oxygens (including phenoxy) is 5. The van der Waals surface area contributed by atoms with E-state index in [4.69, 9.17) is 23.4 Å². The van der Waals surface area contributed by atoms with Crippen molar-refractivity contribution in [2.24, 2.45) is 0 Å². The number of carbonyl (C=O) groups excluding carboxylic acids is 1. The molecule has 0 radical (unpaired) electrons. The number of benzene rings is 4. The summed E-state index contributed by atoms with van der Waals surface area (Å²) in [5, 5.41) is 3.09. The summed E-state index contributed by atoms with van der Waals surface area (Å²) < 4.78 is 32.9. The van der Waals surface area contributed by atoms with E-state index in [1.807, 2.05) is 62.4 Å². The molecule has 0 spiro atoms. The van der Waals surface area contributed by atoms with Gasteiger partial charge in [0.25, 0.3) is 0 Å². The summed E-state index contributed by atoms with van der Waals surface area (Å²) >= 11 is 1.67. The van der Waals surface area contributed by atoms with Crippen LogP contribution in [0.15, 0.2) is 104 Å². The molecule has 1 aliphatic heterocycles. The van der Waals surface area contributed by atoms with E-state index in [-0.39, 0.29) is 0 Å². The van der Waals surface area contributed by atoms with Gasteiger partial charge in [-0.25, -0.2) is 14.6 Å². The van der Waals surface area contributed by atoms with E-state index in [0.29, 0.717) is 51.0 Å². The number of rotatable bonds is 7. The molecule has 50 heavy (non-hydrogen) atoms. The van der Waals surface area contributed by atoms with Crippen molar-refractivity contribution in [2.45, 2.75) is 29.2 Å². The molecule has 12 heteroatoms. The molecule has 2 N–H and O–H groups in total. The molecule has 7 rings (SSSR count). The highest BCUT2D eigenvalue weighted by Crippen LogP contribution is 2.47. The van der Waals surface area contributed by atoms with Crippen molar-refractivity contribution in [1.82, 2.24) is 9.97 Å². The van der Waals surface area contributed by atoms with Crippen molar-refractivity contribution in [3.05, 3.63) is 101 Å². The topological polar surface area (TPSA) is 134 Å². The number of methoxy groups -OCH3 is 4. The maximum absolute atomic E-state index is 12.9. The number of nitrogens with zero attached hydrogens (tertiary/aromatic N) is 1. The summed E-state index contributed by atoms with van der Waals surface area (Å²) in [7, 11) is 5.99. The smallest absolute Gasteiger partial charge is 0.413 e. The molecule has 0 unspecified atom stereocenters. The Balaban J connectivity index is 0.000000182. The van der Waals surface area contributed by atoms with Gasteiger partial charge in [0.1, 0.15) is 45.1 Å². The minimum atomic E-state index is -0.548. The molecule has 11 nitrogen and oxygen atoms in total. The molecule has 0 aliphatic carbocycles. The number of amides is 1. The monoisotopic (exact) mass is 693 g/mol. The number of nitrogens with one attached hydrogen (secondary N) is 2. The number of carbonyl (C=O) groups is 1. The van der Waals surface area contributed by atoms with Gasteiger partial charge in [0, 0.05) is 15.9 Å². The number of hydrogen-bond donors (Lipinski definition) is 2. The highest BCUT2D eigenvalue weighted by molar-refractivity contribution is 7.99. The van der Waals surface area contributed by atoms with Crippen LogP contribution in [-0.2, 0) is 4.74 Å². The lowest BCUT2D eigenvalue weighted by atomic mass is 9.98. The first-order valence-corrected chi connectivity index (χ1v) is 16.3. The van der Waals surface area contributed by atoms with Crippen molar-refractivity contribution in [2.75, 3.05) is 33.8 Å². The SMILES string of the molecule is COC(=O)Nc1nc2ccc(Sc3ccccc3)cc2[nH]1.COc1ccc(-c2c(OC)c3c(OC)c4c(cc3oc2=O)OC(C)(C)C=C4)cc1. The lowest BCUT2D eigenvalue weighted by Gasteiger charge is -2.29. The predicted octanol–water partition coefficient (Wildman–Crippen LogP) is 8.56. The number of fused-ring (bicyclic) bond motifs is 3. The maximum Gasteiger partial charge on any atom is 0.413 e. The normalized spacial score (nSPS) is 12.7. The quantitative estimate of drug-likeness (QED) is 0.157. The van der Waals surface area contributed by atoms with E-state index in [1.54, 1.807) is 56.3 Å². The Morgan fingerprint density at radius 2 is 1.62 bits per heavy atom.